The van der Waals surface area contributed by atoms with Crippen LogP contribution in [0.2, 0.25) is 0 Å². The minimum atomic E-state index is -0.230. The molecule has 0 bridgehead atoms. The summed E-state index contributed by atoms with van der Waals surface area (Å²) in [5, 5.41) is 7.11. The van der Waals surface area contributed by atoms with Gasteiger partial charge in [-0.3, -0.25) is 9.69 Å². The molecular weight excluding hydrogens is 369 g/mol. The maximum absolute atomic E-state index is 12.6. The van der Waals surface area contributed by atoms with Crippen LogP contribution in [0.1, 0.15) is 31.6 Å². The smallest absolute Gasteiger partial charge is 0.243 e. The highest BCUT2D eigenvalue weighted by atomic mass is 35.5. The van der Waals surface area contributed by atoms with Crippen molar-refractivity contribution in [2.75, 3.05) is 39.3 Å². The number of amides is 1. The van der Waals surface area contributed by atoms with Gasteiger partial charge in [0.15, 0.2) is 5.82 Å². The number of ether oxygens (including phenoxy) is 1. The summed E-state index contributed by atoms with van der Waals surface area (Å²) in [5.41, 5.74) is 0. The average molecular weight is 396 g/mol. The molecule has 2 aliphatic heterocycles. The molecule has 144 valence electrons. The van der Waals surface area contributed by atoms with E-state index in [9.17, 15) is 4.79 Å². The molecule has 25 heavy (non-hydrogen) atoms. The fourth-order valence-electron chi connectivity index (χ4n) is 3.17. The summed E-state index contributed by atoms with van der Waals surface area (Å²) < 4.78 is 10.8. The number of nitrogens with zero attached hydrogens (tertiary/aromatic N) is 4. The molecule has 3 heterocycles. The van der Waals surface area contributed by atoms with Crippen molar-refractivity contribution in [1.82, 2.24) is 25.3 Å². The van der Waals surface area contributed by atoms with E-state index in [1.807, 2.05) is 18.7 Å². The summed E-state index contributed by atoms with van der Waals surface area (Å²) >= 11 is 0. The molecule has 10 heteroatoms. The zero-order chi connectivity index (χ0) is 16.4. The van der Waals surface area contributed by atoms with Crippen LogP contribution in [0.15, 0.2) is 4.52 Å². The summed E-state index contributed by atoms with van der Waals surface area (Å²) in [6.45, 7) is 10.2. The summed E-state index contributed by atoms with van der Waals surface area (Å²) in [5.74, 6) is 1.43. The second-order valence-electron chi connectivity index (χ2n) is 6.22. The van der Waals surface area contributed by atoms with Crippen LogP contribution in [0.4, 0.5) is 0 Å². The largest absolute Gasteiger partial charge is 0.375 e. The number of hydrogen-bond acceptors (Lipinski definition) is 7. The van der Waals surface area contributed by atoms with Gasteiger partial charge in [0.2, 0.25) is 11.8 Å². The van der Waals surface area contributed by atoms with Crippen LogP contribution in [0, 0.1) is 6.92 Å². The third-order valence-corrected chi connectivity index (χ3v) is 4.66. The molecular formula is C15H27Cl2N5O3. The zero-order valence-corrected chi connectivity index (χ0v) is 16.4. The molecule has 0 saturated carbocycles. The van der Waals surface area contributed by atoms with Gasteiger partial charge in [0.05, 0.1) is 18.8 Å². The number of halogens is 2. The van der Waals surface area contributed by atoms with Crippen LogP contribution in [-0.2, 0) is 9.53 Å². The Bertz CT molecular complexity index is 551. The fraction of sp³-hybridized carbons (Fsp3) is 0.800. The lowest BCUT2D eigenvalue weighted by Crippen LogP contribution is -2.59. The Morgan fingerprint density at radius 3 is 2.52 bits per heavy atom. The van der Waals surface area contributed by atoms with E-state index in [1.54, 1.807) is 0 Å². The van der Waals surface area contributed by atoms with E-state index < -0.39 is 0 Å². The highest BCUT2D eigenvalue weighted by molar-refractivity contribution is 5.85. The number of carbonyl (C=O) groups is 1. The average Bonchev–Trinajstić information content (AvgIpc) is 3.01. The molecule has 1 aromatic rings. The summed E-state index contributed by atoms with van der Waals surface area (Å²) in [4.78, 5) is 21.1. The minimum Gasteiger partial charge on any atom is -0.375 e. The highest BCUT2D eigenvalue weighted by Gasteiger charge is 2.34. The van der Waals surface area contributed by atoms with Gasteiger partial charge in [0.25, 0.3) is 0 Å². The molecule has 0 aromatic carbocycles. The van der Waals surface area contributed by atoms with Crippen LogP contribution < -0.4 is 5.32 Å². The Kier molecular flexibility index (Phi) is 8.56. The first-order valence-corrected chi connectivity index (χ1v) is 8.24. The standard InChI is InChI=1S/C15H25N5O3.2ClH/c1-10(14-17-12(3)18-23-14)19-5-7-20(8-6-19)15(21)13-11(2)22-9-4-16-13;;/h10-11,13,16H,4-9H2,1-3H3;2*1H/t10?,11-,13+;;/m1../s1. The van der Waals surface area contributed by atoms with Crippen molar-refractivity contribution in [3.05, 3.63) is 11.7 Å². The number of carbonyl (C=O) groups excluding carboxylic acids is 1. The number of piperazine rings is 1. The van der Waals surface area contributed by atoms with Gasteiger partial charge in [-0.15, -0.1) is 24.8 Å². The van der Waals surface area contributed by atoms with Crippen LogP contribution in [0.3, 0.4) is 0 Å². The molecule has 3 rings (SSSR count). The summed E-state index contributed by atoms with van der Waals surface area (Å²) in [6.07, 6.45) is -0.0745. The number of nitrogens with one attached hydrogen (secondary N) is 1. The number of rotatable bonds is 3. The Morgan fingerprint density at radius 2 is 1.96 bits per heavy atom. The van der Waals surface area contributed by atoms with E-state index in [-0.39, 0.29) is 48.9 Å². The van der Waals surface area contributed by atoms with Crippen molar-refractivity contribution in [3.63, 3.8) is 0 Å². The van der Waals surface area contributed by atoms with Crippen molar-refractivity contribution in [3.8, 4) is 0 Å². The lowest BCUT2D eigenvalue weighted by atomic mass is 10.1. The third kappa shape index (κ3) is 5.04. The fourth-order valence-corrected chi connectivity index (χ4v) is 3.17. The summed E-state index contributed by atoms with van der Waals surface area (Å²) in [6, 6.07) is -0.158. The summed E-state index contributed by atoms with van der Waals surface area (Å²) in [7, 11) is 0. The Morgan fingerprint density at radius 1 is 1.28 bits per heavy atom. The SMILES string of the molecule is Cc1noc(C(C)N2CCN(C(=O)[C@H]3NCCO[C@@H]3C)CC2)n1.Cl.Cl. The van der Waals surface area contributed by atoms with Gasteiger partial charge >= 0.3 is 0 Å². The maximum Gasteiger partial charge on any atom is 0.243 e. The van der Waals surface area contributed by atoms with E-state index in [4.69, 9.17) is 9.26 Å². The van der Waals surface area contributed by atoms with Crippen LogP contribution in [-0.4, -0.2) is 77.3 Å². The maximum atomic E-state index is 12.6. The Balaban J connectivity index is 0.00000156. The number of aromatic nitrogens is 2. The monoisotopic (exact) mass is 395 g/mol. The van der Waals surface area contributed by atoms with Gasteiger partial charge in [-0.2, -0.15) is 4.98 Å². The van der Waals surface area contributed by atoms with Gasteiger partial charge in [-0.1, -0.05) is 5.16 Å². The van der Waals surface area contributed by atoms with Gasteiger partial charge in [-0.05, 0) is 20.8 Å². The molecule has 1 aromatic heterocycles. The number of aryl methyl sites for hydroxylation is 1. The molecule has 0 radical (unpaired) electrons. The number of morpholine rings is 1. The van der Waals surface area contributed by atoms with E-state index >= 15 is 0 Å². The van der Waals surface area contributed by atoms with E-state index in [2.05, 4.69) is 27.3 Å². The van der Waals surface area contributed by atoms with E-state index in [1.165, 1.54) is 0 Å². The van der Waals surface area contributed by atoms with Crippen molar-refractivity contribution < 1.29 is 14.1 Å². The second kappa shape index (κ2) is 9.68. The number of hydrogen-bond donors (Lipinski definition) is 1. The molecule has 2 saturated heterocycles. The van der Waals surface area contributed by atoms with Gasteiger partial charge in [0.1, 0.15) is 6.04 Å². The lowest BCUT2D eigenvalue weighted by Gasteiger charge is -2.40. The van der Waals surface area contributed by atoms with E-state index in [0.29, 0.717) is 31.4 Å². The predicted octanol–water partition coefficient (Wildman–Crippen LogP) is 0.804. The van der Waals surface area contributed by atoms with Gasteiger partial charge in [0, 0.05) is 32.7 Å². The topological polar surface area (TPSA) is 83.7 Å². The molecule has 1 N–H and O–H groups in total. The second-order valence-corrected chi connectivity index (χ2v) is 6.22. The van der Waals surface area contributed by atoms with Gasteiger partial charge in [-0.25, -0.2) is 0 Å². The third-order valence-electron chi connectivity index (χ3n) is 4.66. The first kappa shape index (κ1) is 22.1. The highest BCUT2D eigenvalue weighted by Crippen LogP contribution is 2.20. The van der Waals surface area contributed by atoms with Crippen LogP contribution in [0.5, 0.6) is 0 Å². The van der Waals surface area contributed by atoms with Crippen LogP contribution >= 0.6 is 24.8 Å². The first-order valence-electron chi connectivity index (χ1n) is 8.24. The van der Waals surface area contributed by atoms with Crippen molar-refractivity contribution in [1.29, 1.82) is 0 Å². The first-order chi connectivity index (χ1) is 11.1. The molecule has 3 atom stereocenters. The Labute approximate surface area is 160 Å². The molecule has 1 amide bonds. The Hall–Kier alpha value is -0.930. The molecule has 2 fully saturated rings. The van der Waals surface area contributed by atoms with E-state index in [0.717, 1.165) is 19.6 Å². The quantitative estimate of drug-likeness (QED) is 0.809. The lowest BCUT2D eigenvalue weighted by molar-refractivity contribution is -0.141. The predicted molar refractivity (Wildman–Crippen MR) is 97.3 cm³/mol. The molecule has 1 unspecified atom stereocenters. The van der Waals surface area contributed by atoms with Crippen molar-refractivity contribution >= 4 is 30.7 Å². The zero-order valence-electron chi connectivity index (χ0n) is 14.8. The van der Waals surface area contributed by atoms with Crippen molar-refractivity contribution in [2.24, 2.45) is 0 Å². The molecule has 2 aliphatic rings. The molecule has 8 nitrogen and oxygen atoms in total. The van der Waals surface area contributed by atoms with Crippen molar-refractivity contribution in [2.45, 2.75) is 39.0 Å². The minimum absolute atomic E-state index is 0. The normalized spacial score (nSPS) is 25.6. The van der Waals surface area contributed by atoms with Crippen LogP contribution in [0.25, 0.3) is 0 Å². The molecule has 0 spiro atoms. The van der Waals surface area contributed by atoms with Gasteiger partial charge < -0.3 is 19.5 Å². The molecule has 0 aliphatic carbocycles.